The van der Waals surface area contributed by atoms with Crippen molar-refractivity contribution in [1.82, 2.24) is 0 Å². The Morgan fingerprint density at radius 3 is 1.63 bits per heavy atom. The number of fused-ring (bicyclic) bond motifs is 2. The summed E-state index contributed by atoms with van der Waals surface area (Å²) in [5.74, 6) is -0.527. The number of hydrogen-bond donors (Lipinski definition) is 2. The largest absolute Gasteiger partial charge is 0.326 e. The lowest BCUT2D eigenvalue weighted by molar-refractivity contribution is -0.129. The molecule has 2 amide bonds. The lowest BCUT2D eigenvalue weighted by Crippen LogP contribution is -2.39. The molecule has 2 aromatic rings. The van der Waals surface area contributed by atoms with Crippen molar-refractivity contribution in [1.29, 1.82) is 0 Å². The van der Waals surface area contributed by atoms with E-state index in [1.54, 1.807) is 0 Å². The Hall–Kier alpha value is -2.88. The van der Waals surface area contributed by atoms with Gasteiger partial charge in [0.25, 0.3) is 0 Å². The summed E-state index contributed by atoms with van der Waals surface area (Å²) in [7, 11) is 0. The number of amides is 2. The summed E-state index contributed by atoms with van der Waals surface area (Å²) in [5.41, 5.74) is 3.75. The predicted molar refractivity (Wildman–Crippen MR) is 107 cm³/mol. The first-order valence-electron chi connectivity index (χ1n) is 9.44. The monoisotopic (exact) mass is 360 g/mol. The van der Waals surface area contributed by atoms with Gasteiger partial charge >= 0.3 is 0 Å². The highest BCUT2D eigenvalue weighted by molar-refractivity contribution is 6.01. The maximum atomic E-state index is 13.0. The van der Waals surface area contributed by atoms with Crippen molar-refractivity contribution in [3.63, 3.8) is 0 Å². The average Bonchev–Trinajstić information content (AvgIpc) is 3.23. The first-order valence-corrected chi connectivity index (χ1v) is 9.44. The van der Waals surface area contributed by atoms with E-state index >= 15 is 0 Å². The van der Waals surface area contributed by atoms with Crippen LogP contribution in [0.2, 0.25) is 0 Å². The second-order valence-electron chi connectivity index (χ2n) is 7.72. The molecule has 2 bridgehead atoms. The van der Waals surface area contributed by atoms with Gasteiger partial charge in [0.15, 0.2) is 0 Å². The topological polar surface area (TPSA) is 58.2 Å². The summed E-state index contributed by atoms with van der Waals surface area (Å²) in [6.07, 6.45) is 5.07. The Balaban J connectivity index is 1.53. The van der Waals surface area contributed by atoms with Crippen LogP contribution in [0, 0.1) is 37.5 Å². The summed E-state index contributed by atoms with van der Waals surface area (Å²) in [4.78, 5) is 26.0. The van der Waals surface area contributed by atoms with Crippen LogP contribution in [0.3, 0.4) is 0 Å². The molecular formula is C23H24N2O2. The Morgan fingerprint density at radius 1 is 0.778 bits per heavy atom. The van der Waals surface area contributed by atoms with Crippen molar-refractivity contribution in [3.8, 4) is 0 Å². The number of benzene rings is 2. The van der Waals surface area contributed by atoms with E-state index in [2.05, 4.69) is 22.8 Å². The number of carbonyl (C=O) groups excluding carboxylic acids is 2. The third-order valence-corrected chi connectivity index (χ3v) is 5.64. The number of aryl methyl sites for hydroxylation is 2. The summed E-state index contributed by atoms with van der Waals surface area (Å²) < 4.78 is 0. The van der Waals surface area contributed by atoms with Crippen molar-refractivity contribution >= 4 is 23.2 Å². The van der Waals surface area contributed by atoms with Crippen LogP contribution < -0.4 is 10.6 Å². The molecule has 0 aromatic heterocycles. The summed E-state index contributed by atoms with van der Waals surface area (Å²) in [6.45, 7) is 3.99. The van der Waals surface area contributed by atoms with Gasteiger partial charge < -0.3 is 10.6 Å². The predicted octanol–water partition coefficient (Wildman–Crippen LogP) is 4.32. The van der Waals surface area contributed by atoms with Crippen LogP contribution in [0.1, 0.15) is 17.5 Å². The van der Waals surface area contributed by atoms with Gasteiger partial charge in [-0.1, -0.05) is 36.4 Å². The van der Waals surface area contributed by atoms with Gasteiger partial charge in [-0.15, -0.1) is 0 Å². The number of hydrogen-bond acceptors (Lipinski definition) is 2. The normalized spacial score (nSPS) is 25.4. The zero-order valence-electron chi connectivity index (χ0n) is 15.6. The molecule has 2 aromatic carbocycles. The molecule has 1 saturated carbocycles. The smallest absolute Gasteiger partial charge is 0.228 e. The van der Waals surface area contributed by atoms with Crippen LogP contribution in [0.25, 0.3) is 0 Å². The van der Waals surface area contributed by atoms with Gasteiger partial charge in [0.05, 0.1) is 11.8 Å². The molecule has 1 fully saturated rings. The average molecular weight is 360 g/mol. The Kier molecular flexibility index (Phi) is 4.56. The van der Waals surface area contributed by atoms with Crippen LogP contribution in [0.4, 0.5) is 11.4 Å². The summed E-state index contributed by atoms with van der Waals surface area (Å²) in [5, 5.41) is 6.03. The first-order chi connectivity index (χ1) is 13.0. The van der Waals surface area contributed by atoms with Crippen LogP contribution in [-0.2, 0) is 9.59 Å². The SMILES string of the molecule is Cc1cccc(NC(=O)[C@@H]2[C@H](C(=O)Nc3cccc(C)c3)[C@@H]3C=C[C@H]2C3)c1. The van der Waals surface area contributed by atoms with E-state index in [1.807, 2.05) is 62.4 Å². The third-order valence-electron chi connectivity index (χ3n) is 5.64. The van der Waals surface area contributed by atoms with Crippen molar-refractivity contribution in [3.05, 3.63) is 71.8 Å². The molecule has 0 saturated heterocycles. The fraction of sp³-hybridized carbons (Fsp3) is 0.304. The van der Waals surface area contributed by atoms with Crippen molar-refractivity contribution < 1.29 is 9.59 Å². The van der Waals surface area contributed by atoms with Gasteiger partial charge in [-0.3, -0.25) is 9.59 Å². The molecule has 2 N–H and O–H groups in total. The number of allylic oxidation sites excluding steroid dienone is 2. The van der Waals surface area contributed by atoms with E-state index in [-0.39, 0.29) is 35.5 Å². The third kappa shape index (κ3) is 3.52. The number of anilines is 2. The van der Waals surface area contributed by atoms with E-state index in [9.17, 15) is 9.59 Å². The Labute approximate surface area is 159 Å². The zero-order chi connectivity index (χ0) is 19.0. The molecule has 27 heavy (non-hydrogen) atoms. The summed E-state index contributed by atoms with van der Waals surface area (Å²) in [6, 6.07) is 15.5. The highest BCUT2D eigenvalue weighted by Gasteiger charge is 2.51. The fourth-order valence-electron chi connectivity index (χ4n) is 4.43. The minimum atomic E-state index is -0.328. The molecule has 4 nitrogen and oxygen atoms in total. The Bertz CT molecular complexity index is 845. The van der Waals surface area contributed by atoms with Crippen LogP contribution in [0.5, 0.6) is 0 Å². The van der Waals surface area contributed by atoms with Crippen LogP contribution in [0.15, 0.2) is 60.7 Å². The lowest BCUT2D eigenvalue weighted by atomic mass is 9.81. The fourth-order valence-corrected chi connectivity index (χ4v) is 4.43. The lowest BCUT2D eigenvalue weighted by Gasteiger charge is -2.26. The molecule has 2 aliphatic carbocycles. The molecule has 0 spiro atoms. The van der Waals surface area contributed by atoms with E-state index in [4.69, 9.17) is 0 Å². The molecule has 0 aliphatic heterocycles. The van der Waals surface area contributed by atoms with Gasteiger partial charge in [-0.25, -0.2) is 0 Å². The highest BCUT2D eigenvalue weighted by atomic mass is 16.2. The van der Waals surface area contributed by atoms with E-state index in [0.29, 0.717) is 0 Å². The minimum Gasteiger partial charge on any atom is -0.326 e. The van der Waals surface area contributed by atoms with E-state index in [0.717, 1.165) is 28.9 Å². The quantitative estimate of drug-likeness (QED) is 0.798. The molecule has 4 heteroatoms. The molecule has 0 radical (unpaired) electrons. The second-order valence-corrected chi connectivity index (χ2v) is 7.72. The van der Waals surface area contributed by atoms with Crippen LogP contribution in [-0.4, -0.2) is 11.8 Å². The molecule has 2 aliphatic rings. The van der Waals surface area contributed by atoms with Crippen molar-refractivity contribution in [2.75, 3.05) is 10.6 Å². The van der Waals surface area contributed by atoms with Crippen LogP contribution >= 0.6 is 0 Å². The van der Waals surface area contributed by atoms with Gasteiger partial charge in [-0.2, -0.15) is 0 Å². The van der Waals surface area contributed by atoms with Gasteiger partial charge in [0.2, 0.25) is 11.8 Å². The second kappa shape index (κ2) is 7.03. The molecule has 4 rings (SSSR count). The van der Waals surface area contributed by atoms with Gasteiger partial charge in [0.1, 0.15) is 0 Å². The maximum Gasteiger partial charge on any atom is 0.228 e. The molecule has 0 unspecified atom stereocenters. The molecular weight excluding hydrogens is 336 g/mol. The highest BCUT2D eigenvalue weighted by Crippen LogP contribution is 2.48. The minimum absolute atomic E-state index is 0.0677. The van der Waals surface area contributed by atoms with E-state index in [1.165, 1.54) is 0 Å². The first kappa shape index (κ1) is 17.5. The number of carbonyl (C=O) groups is 2. The molecule has 4 atom stereocenters. The Morgan fingerprint density at radius 2 is 1.22 bits per heavy atom. The number of rotatable bonds is 4. The van der Waals surface area contributed by atoms with E-state index < -0.39 is 0 Å². The van der Waals surface area contributed by atoms with Crippen molar-refractivity contribution in [2.24, 2.45) is 23.7 Å². The maximum absolute atomic E-state index is 13.0. The molecule has 0 heterocycles. The standard InChI is InChI=1S/C23H24N2O2/c1-14-5-3-7-18(11-14)24-22(26)20-16-9-10-17(13-16)21(20)23(27)25-19-8-4-6-15(2)12-19/h3-12,16-17,20-21H,13H2,1-2H3,(H,24,26)(H,25,27)/t16-,17+,20-,21+. The van der Waals surface area contributed by atoms with Gasteiger partial charge in [0, 0.05) is 11.4 Å². The molecule has 138 valence electrons. The number of nitrogens with one attached hydrogen (secondary N) is 2. The summed E-state index contributed by atoms with van der Waals surface area (Å²) >= 11 is 0. The van der Waals surface area contributed by atoms with Gasteiger partial charge in [-0.05, 0) is 67.5 Å². The van der Waals surface area contributed by atoms with Crippen molar-refractivity contribution in [2.45, 2.75) is 20.3 Å². The zero-order valence-corrected chi connectivity index (χ0v) is 15.6.